The van der Waals surface area contributed by atoms with Crippen molar-refractivity contribution in [3.63, 3.8) is 0 Å². The van der Waals surface area contributed by atoms with Gasteiger partial charge in [-0.05, 0) is 48.9 Å². The molecule has 2 N–H and O–H groups in total. The van der Waals surface area contributed by atoms with Crippen LogP contribution in [-0.4, -0.2) is 30.2 Å². The maximum Gasteiger partial charge on any atom is 0.229 e. The van der Waals surface area contributed by atoms with Gasteiger partial charge in [-0.3, -0.25) is 4.79 Å². The van der Waals surface area contributed by atoms with Gasteiger partial charge in [0.1, 0.15) is 0 Å². The number of hydrogen-bond donors (Lipinski definition) is 2. The quantitative estimate of drug-likeness (QED) is 0.699. The number of rotatable bonds is 6. The molecule has 3 rings (SSSR count). The fraction of sp³-hybridized carbons (Fsp3) is 0.190. The Morgan fingerprint density at radius 1 is 0.889 bits per heavy atom. The lowest BCUT2D eigenvalue weighted by molar-refractivity contribution is -0.115. The Balaban J connectivity index is 1.56. The summed E-state index contributed by atoms with van der Waals surface area (Å²) in [4.78, 5) is 14.2. The van der Waals surface area contributed by atoms with Crippen molar-refractivity contribution in [3.8, 4) is 0 Å². The first-order valence-electron chi connectivity index (χ1n) is 8.73. The monoisotopic (exact) mass is 361 g/mol. The van der Waals surface area contributed by atoms with Crippen molar-refractivity contribution < 1.29 is 4.79 Å². The van der Waals surface area contributed by atoms with Gasteiger partial charge in [-0.15, -0.1) is 10.2 Å². The molecule has 1 heterocycles. The van der Waals surface area contributed by atoms with Crippen LogP contribution in [0, 0.1) is 6.92 Å². The molecular formula is C21H23N5O. The van der Waals surface area contributed by atoms with Crippen molar-refractivity contribution in [1.29, 1.82) is 0 Å². The first-order valence-corrected chi connectivity index (χ1v) is 8.73. The molecule has 27 heavy (non-hydrogen) atoms. The smallest absolute Gasteiger partial charge is 0.229 e. The molecule has 0 spiro atoms. The number of hydrogen-bond acceptors (Lipinski definition) is 5. The van der Waals surface area contributed by atoms with E-state index in [0.717, 1.165) is 16.9 Å². The van der Waals surface area contributed by atoms with Crippen LogP contribution in [0.1, 0.15) is 11.1 Å². The molecule has 0 aliphatic heterocycles. The molecule has 1 aromatic heterocycles. The molecule has 0 unspecified atom stereocenters. The number of carbonyl (C=O) groups excluding carboxylic acids is 1. The second-order valence-electron chi connectivity index (χ2n) is 6.58. The lowest BCUT2D eigenvalue weighted by Crippen LogP contribution is -2.15. The summed E-state index contributed by atoms with van der Waals surface area (Å²) >= 11 is 0. The van der Waals surface area contributed by atoms with Gasteiger partial charge in [0.15, 0.2) is 11.6 Å². The minimum absolute atomic E-state index is 0.117. The summed E-state index contributed by atoms with van der Waals surface area (Å²) in [6, 6.07) is 19.4. The summed E-state index contributed by atoms with van der Waals surface area (Å²) in [5.74, 6) is 0.929. The molecule has 1 amide bonds. The minimum atomic E-state index is -0.117. The van der Waals surface area contributed by atoms with Crippen molar-refractivity contribution in [1.82, 2.24) is 10.2 Å². The van der Waals surface area contributed by atoms with Crippen LogP contribution in [0.3, 0.4) is 0 Å². The van der Waals surface area contributed by atoms with Crippen LogP contribution in [0.4, 0.5) is 23.0 Å². The summed E-state index contributed by atoms with van der Waals surface area (Å²) in [5.41, 5.74) is 4.18. The Kier molecular flexibility index (Phi) is 5.66. The fourth-order valence-corrected chi connectivity index (χ4v) is 2.53. The van der Waals surface area contributed by atoms with Gasteiger partial charge in [0.25, 0.3) is 0 Å². The van der Waals surface area contributed by atoms with E-state index in [1.165, 1.54) is 5.56 Å². The molecule has 0 saturated carbocycles. The van der Waals surface area contributed by atoms with Crippen molar-refractivity contribution in [3.05, 3.63) is 71.8 Å². The van der Waals surface area contributed by atoms with E-state index in [9.17, 15) is 4.79 Å². The Morgan fingerprint density at radius 2 is 1.52 bits per heavy atom. The third-order valence-electron chi connectivity index (χ3n) is 4.07. The average molecular weight is 361 g/mol. The highest BCUT2D eigenvalue weighted by atomic mass is 16.1. The summed E-state index contributed by atoms with van der Waals surface area (Å²) in [5, 5.41) is 14.1. The molecule has 0 aliphatic rings. The molecule has 0 fully saturated rings. The van der Waals surface area contributed by atoms with Crippen LogP contribution in [-0.2, 0) is 11.2 Å². The van der Waals surface area contributed by atoms with Gasteiger partial charge in [-0.2, -0.15) is 0 Å². The number of amides is 1. The molecule has 0 saturated heterocycles. The van der Waals surface area contributed by atoms with Gasteiger partial charge < -0.3 is 15.5 Å². The maximum atomic E-state index is 12.1. The SMILES string of the molecule is Cc1ccc(CC(=O)Nc2ccc(Nc3ccc(N(C)C)cc3)nn2)cc1. The zero-order valence-electron chi connectivity index (χ0n) is 15.7. The Hall–Kier alpha value is -3.41. The number of carbonyl (C=O) groups is 1. The third-order valence-corrected chi connectivity index (χ3v) is 4.07. The van der Waals surface area contributed by atoms with Crippen molar-refractivity contribution in [2.45, 2.75) is 13.3 Å². The third kappa shape index (κ3) is 5.28. The van der Waals surface area contributed by atoms with E-state index in [2.05, 4.69) is 20.8 Å². The topological polar surface area (TPSA) is 70.2 Å². The molecule has 0 aliphatic carbocycles. The zero-order chi connectivity index (χ0) is 19.2. The predicted molar refractivity (Wildman–Crippen MR) is 110 cm³/mol. The van der Waals surface area contributed by atoms with Crippen molar-refractivity contribution >= 4 is 28.9 Å². The molecule has 0 atom stereocenters. The van der Waals surface area contributed by atoms with Crippen LogP contribution in [0.25, 0.3) is 0 Å². The van der Waals surface area contributed by atoms with Crippen LogP contribution >= 0.6 is 0 Å². The summed E-state index contributed by atoms with van der Waals surface area (Å²) in [6.45, 7) is 2.02. The average Bonchev–Trinajstić information content (AvgIpc) is 2.66. The van der Waals surface area contributed by atoms with E-state index in [1.807, 2.05) is 74.4 Å². The highest BCUT2D eigenvalue weighted by molar-refractivity contribution is 5.91. The second kappa shape index (κ2) is 8.31. The Bertz CT molecular complexity index is 887. The minimum Gasteiger partial charge on any atom is -0.378 e. The lowest BCUT2D eigenvalue weighted by Gasteiger charge is -2.13. The number of nitrogens with zero attached hydrogens (tertiary/aromatic N) is 3. The normalized spacial score (nSPS) is 10.3. The highest BCUT2D eigenvalue weighted by Crippen LogP contribution is 2.19. The van der Waals surface area contributed by atoms with Gasteiger partial charge in [0.2, 0.25) is 5.91 Å². The van der Waals surface area contributed by atoms with Gasteiger partial charge in [0.05, 0.1) is 6.42 Å². The van der Waals surface area contributed by atoms with E-state index in [-0.39, 0.29) is 5.91 Å². The number of aromatic nitrogens is 2. The molecule has 0 bridgehead atoms. The summed E-state index contributed by atoms with van der Waals surface area (Å²) in [6.07, 6.45) is 0.306. The van der Waals surface area contributed by atoms with Crippen LogP contribution in [0.15, 0.2) is 60.7 Å². The maximum absolute atomic E-state index is 12.1. The van der Waals surface area contributed by atoms with E-state index in [1.54, 1.807) is 12.1 Å². The molecule has 6 nitrogen and oxygen atoms in total. The first kappa shape index (κ1) is 18.4. The molecule has 6 heteroatoms. The Morgan fingerprint density at radius 3 is 2.11 bits per heavy atom. The molecule has 3 aromatic rings. The summed E-state index contributed by atoms with van der Waals surface area (Å²) in [7, 11) is 4.00. The highest BCUT2D eigenvalue weighted by Gasteiger charge is 2.06. The predicted octanol–water partition coefficient (Wildman–Crippen LogP) is 3.78. The fourth-order valence-electron chi connectivity index (χ4n) is 2.53. The molecular weight excluding hydrogens is 338 g/mol. The van der Waals surface area contributed by atoms with Gasteiger partial charge in [-0.1, -0.05) is 29.8 Å². The van der Waals surface area contributed by atoms with E-state index >= 15 is 0 Å². The number of benzene rings is 2. The first-order chi connectivity index (χ1) is 13.0. The Labute approximate surface area is 159 Å². The summed E-state index contributed by atoms with van der Waals surface area (Å²) < 4.78 is 0. The lowest BCUT2D eigenvalue weighted by atomic mass is 10.1. The van der Waals surface area contributed by atoms with Crippen LogP contribution < -0.4 is 15.5 Å². The molecule has 138 valence electrons. The van der Waals surface area contributed by atoms with E-state index in [4.69, 9.17) is 0 Å². The number of nitrogens with one attached hydrogen (secondary N) is 2. The standard InChI is InChI=1S/C21H23N5O/c1-15-4-6-16(7-5-15)14-21(27)23-20-13-12-19(24-25-20)22-17-8-10-18(11-9-17)26(2)3/h4-13H,14H2,1-3H3,(H,22,24)(H,23,25,27). The van der Waals surface area contributed by atoms with E-state index in [0.29, 0.717) is 18.1 Å². The van der Waals surface area contributed by atoms with Crippen molar-refractivity contribution in [2.24, 2.45) is 0 Å². The van der Waals surface area contributed by atoms with Gasteiger partial charge in [-0.25, -0.2) is 0 Å². The largest absolute Gasteiger partial charge is 0.378 e. The van der Waals surface area contributed by atoms with Crippen LogP contribution in [0.5, 0.6) is 0 Å². The molecule has 2 aromatic carbocycles. The van der Waals surface area contributed by atoms with E-state index < -0.39 is 0 Å². The number of aryl methyl sites for hydroxylation is 1. The second-order valence-corrected chi connectivity index (χ2v) is 6.58. The van der Waals surface area contributed by atoms with Gasteiger partial charge in [0, 0.05) is 25.5 Å². The van der Waals surface area contributed by atoms with Crippen LogP contribution in [0.2, 0.25) is 0 Å². The number of anilines is 4. The molecule has 0 radical (unpaired) electrons. The van der Waals surface area contributed by atoms with Crippen molar-refractivity contribution in [2.75, 3.05) is 29.6 Å². The zero-order valence-corrected chi connectivity index (χ0v) is 15.7. The van der Waals surface area contributed by atoms with Gasteiger partial charge >= 0.3 is 0 Å².